The van der Waals surface area contributed by atoms with Crippen LogP contribution in [0.4, 0.5) is 0 Å². The number of benzene rings is 4. The third kappa shape index (κ3) is 5.17. The summed E-state index contributed by atoms with van der Waals surface area (Å²) < 4.78 is 13.8. The number of para-hydroxylation sites is 1. The normalized spacial score (nSPS) is 15.8. The highest BCUT2D eigenvalue weighted by Crippen LogP contribution is 2.40. The van der Waals surface area contributed by atoms with Gasteiger partial charge in [0, 0.05) is 48.4 Å². The SMILES string of the molecule is COc1ccc(-c2ccc3c(c2)cc(C(=O)N2CCC4(CC2)CC(=O)c2ccccc2O4)n3Cc2ccc(Cl)cc2)cc1. The molecule has 1 saturated heterocycles. The van der Waals surface area contributed by atoms with E-state index in [1.807, 2.05) is 83.8 Å². The van der Waals surface area contributed by atoms with Crippen molar-refractivity contribution in [3.8, 4) is 22.6 Å². The number of fused-ring (bicyclic) bond motifs is 2. The van der Waals surface area contributed by atoms with Crippen molar-refractivity contribution in [2.75, 3.05) is 20.2 Å². The Hall–Kier alpha value is -4.55. The lowest BCUT2D eigenvalue weighted by Crippen LogP contribution is -2.52. The molecular formula is C36H31ClN2O4. The van der Waals surface area contributed by atoms with Crippen LogP contribution in [0.3, 0.4) is 0 Å². The Morgan fingerprint density at radius 3 is 2.37 bits per heavy atom. The van der Waals surface area contributed by atoms with Crippen molar-refractivity contribution in [1.29, 1.82) is 0 Å². The van der Waals surface area contributed by atoms with Crippen LogP contribution in [0.15, 0.2) is 97.1 Å². The largest absolute Gasteiger partial charge is 0.497 e. The number of Topliss-reactive ketones (excluding diaryl/α,β-unsaturated/α-hetero) is 1. The summed E-state index contributed by atoms with van der Waals surface area (Å²) in [5.41, 5.74) is 4.91. The van der Waals surface area contributed by atoms with E-state index in [1.54, 1.807) is 7.11 Å². The van der Waals surface area contributed by atoms with E-state index < -0.39 is 5.60 Å². The van der Waals surface area contributed by atoms with Crippen molar-refractivity contribution in [1.82, 2.24) is 9.47 Å². The molecule has 5 aromatic rings. The second-order valence-corrected chi connectivity index (χ2v) is 11.9. The van der Waals surface area contributed by atoms with Crippen molar-refractivity contribution < 1.29 is 19.1 Å². The maximum absolute atomic E-state index is 14.2. The van der Waals surface area contributed by atoms with Crippen LogP contribution in [0, 0.1) is 0 Å². The fourth-order valence-electron chi connectivity index (χ4n) is 6.36. The van der Waals surface area contributed by atoms with Crippen molar-refractivity contribution in [2.24, 2.45) is 0 Å². The number of halogens is 1. The minimum atomic E-state index is -0.564. The molecule has 1 aromatic heterocycles. The van der Waals surface area contributed by atoms with Gasteiger partial charge in [0.1, 0.15) is 22.8 Å². The molecule has 0 aliphatic carbocycles. The van der Waals surface area contributed by atoms with E-state index in [2.05, 4.69) is 22.8 Å². The number of likely N-dealkylation sites (tertiary alicyclic amines) is 1. The Balaban J connectivity index is 1.19. The Labute approximate surface area is 255 Å². The monoisotopic (exact) mass is 590 g/mol. The summed E-state index contributed by atoms with van der Waals surface area (Å²) in [5, 5.41) is 1.67. The molecule has 6 nitrogen and oxygen atoms in total. The molecule has 2 aliphatic heterocycles. The summed E-state index contributed by atoms with van der Waals surface area (Å²) >= 11 is 6.16. The molecule has 0 unspecified atom stereocenters. The molecule has 3 heterocycles. The first-order chi connectivity index (χ1) is 20.9. The Morgan fingerprint density at radius 1 is 0.907 bits per heavy atom. The molecule has 1 fully saturated rings. The van der Waals surface area contributed by atoms with Crippen LogP contribution in [-0.4, -0.2) is 47.0 Å². The van der Waals surface area contributed by atoms with Crippen molar-refractivity contribution in [2.45, 2.75) is 31.4 Å². The molecule has 7 rings (SSSR count). The average Bonchev–Trinajstić information content (AvgIpc) is 3.39. The van der Waals surface area contributed by atoms with Gasteiger partial charge in [-0.1, -0.05) is 54.1 Å². The maximum atomic E-state index is 14.2. The zero-order valence-electron chi connectivity index (χ0n) is 23.9. The van der Waals surface area contributed by atoms with Gasteiger partial charge in [-0.25, -0.2) is 0 Å². The molecule has 0 radical (unpaired) electrons. The summed E-state index contributed by atoms with van der Waals surface area (Å²) in [5.74, 6) is 1.54. The number of carbonyl (C=O) groups is 2. The lowest BCUT2D eigenvalue weighted by molar-refractivity contribution is -0.00592. The molecular weight excluding hydrogens is 560 g/mol. The van der Waals surface area contributed by atoms with Gasteiger partial charge >= 0.3 is 0 Å². The van der Waals surface area contributed by atoms with Crippen LogP contribution >= 0.6 is 11.6 Å². The molecule has 43 heavy (non-hydrogen) atoms. The van der Waals surface area contributed by atoms with Crippen LogP contribution in [-0.2, 0) is 6.54 Å². The minimum absolute atomic E-state index is 0.0199. The van der Waals surface area contributed by atoms with E-state index in [4.69, 9.17) is 21.1 Å². The van der Waals surface area contributed by atoms with Crippen molar-refractivity contribution in [3.63, 3.8) is 0 Å². The number of hydrogen-bond acceptors (Lipinski definition) is 4. The fraction of sp³-hybridized carbons (Fsp3) is 0.222. The molecule has 0 bridgehead atoms. The zero-order valence-corrected chi connectivity index (χ0v) is 24.6. The van der Waals surface area contributed by atoms with Crippen molar-refractivity contribution in [3.05, 3.63) is 119 Å². The van der Waals surface area contributed by atoms with E-state index in [1.165, 1.54) is 0 Å². The van der Waals surface area contributed by atoms with Gasteiger partial charge < -0.3 is 18.9 Å². The Bertz CT molecular complexity index is 1830. The fourth-order valence-corrected chi connectivity index (χ4v) is 6.48. The van der Waals surface area contributed by atoms with Gasteiger partial charge in [-0.05, 0) is 71.3 Å². The lowest BCUT2D eigenvalue weighted by Gasteiger charge is -2.44. The Morgan fingerprint density at radius 2 is 1.63 bits per heavy atom. The van der Waals surface area contributed by atoms with Crippen molar-refractivity contribution >= 4 is 34.2 Å². The van der Waals surface area contributed by atoms with E-state index in [9.17, 15) is 9.59 Å². The second-order valence-electron chi connectivity index (χ2n) is 11.4. The van der Waals surface area contributed by atoms with Crippen LogP contribution in [0.1, 0.15) is 45.7 Å². The quantitative estimate of drug-likeness (QED) is 0.211. The van der Waals surface area contributed by atoms with Crippen LogP contribution < -0.4 is 9.47 Å². The minimum Gasteiger partial charge on any atom is -0.497 e. The van der Waals surface area contributed by atoms with Gasteiger partial charge in [0.2, 0.25) is 0 Å². The van der Waals surface area contributed by atoms with Crippen LogP contribution in [0.2, 0.25) is 5.02 Å². The summed E-state index contributed by atoms with van der Waals surface area (Å²) in [6.07, 6.45) is 1.56. The van der Waals surface area contributed by atoms with Gasteiger partial charge in [-0.15, -0.1) is 0 Å². The molecule has 216 valence electrons. The highest BCUT2D eigenvalue weighted by Gasteiger charge is 2.44. The number of ether oxygens (including phenoxy) is 2. The predicted molar refractivity (Wildman–Crippen MR) is 168 cm³/mol. The van der Waals surface area contributed by atoms with Gasteiger partial charge in [0.05, 0.1) is 19.1 Å². The first-order valence-electron chi connectivity index (χ1n) is 14.5. The number of aromatic nitrogens is 1. The summed E-state index contributed by atoms with van der Waals surface area (Å²) in [4.78, 5) is 29.0. The highest BCUT2D eigenvalue weighted by molar-refractivity contribution is 6.30. The summed E-state index contributed by atoms with van der Waals surface area (Å²) in [7, 11) is 1.66. The van der Waals surface area contributed by atoms with Crippen LogP contribution in [0.5, 0.6) is 11.5 Å². The maximum Gasteiger partial charge on any atom is 0.270 e. The number of piperidine rings is 1. The predicted octanol–water partition coefficient (Wildman–Crippen LogP) is 7.66. The van der Waals surface area contributed by atoms with Gasteiger partial charge in [-0.3, -0.25) is 9.59 Å². The molecule has 1 amide bonds. The number of rotatable bonds is 5. The number of carbonyl (C=O) groups excluding carboxylic acids is 2. The lowest BCUT2D eigenvalue weighted by atomic mass is 9.82. The van der Waals surface area contributed by atoms with Gasteiger partial charge in [-0.2, -0.15) is 0 Å². The molecule has 2 aliphatic rings. The van der Waals surface area contributed by atoms with Gasteiger partial charge in [0.25, 0.3) is 5.91 Å². The first-order valence-corrected chi connectivity index (χ1v) is 14.9. The second kappa shape index (κ2) is 10.9. The van der Waals surface area contributed by atoms with E-state index in [0.29, 0.717) is 60.9 Å². The third-order valence-electron chi connectivity index (χ3n) is 8.76. The highest BCUT2D eigenvalue weighted by atomic mass is 35.5. The first kappa shape index (κ1) is 27.3. The third-order valence-corrected chi connectivity index (χ3v) is 9.01. The van der Waals surface area contributed by atoms with E-state index in [0.717, 1.165) is 33.3 Å². The van der Waals surface area contributed by atoms with E-state index in [-0.39, 0.29) is 11.7 Å². The van der Waals surface area contributed by atoms with E-state index >= 15 is 0 Å². The number of hydrogen-bond donors (Lipinski definition) is 0. The summed E-state index contributed by atoms with van der Waals surface area (Å²) in [6.45, 7) is 1.58. The zero-order chi connectivity index (χ0) is 29.6. The molecule has 0 N–H and O–H groups in total. The topological polar surface area (TPSA) is 60.8 Å². The Kier molecular flexibility index (Phi) is 6.94. The molecule has 0 atom stereocenters. The average molecular weight is 591 g/mol. The summed E-state index contributed by atoms with van der Waals surface area (Å²) in [6, 6.07) is 31.5. The molecule has 7 heteroatoms. The molecule has 0 saturated carbocycles. The smallest absolute Gasteiger partial charge is 0.270 e. The standard InChI is InChI=1S/C36H31ClN2O4/c1-42-29-13-8-25(9-14-29)26-10-15-31-27(20-26)21-32(39(31)23-24-6-11-28(37)12-7-24)35(41)38-18-16-36(17-19-38)22-33(40)30-4-2-3-5-34(30)43-36/h2-15,20-21H,16-19,22-23H2,1H3. The van der Waals surface area contributed by atoms with Gasteiger partial charge in [0.15, 0.2) is 5.78 Å². The number of amides is 1. The number of ketones is 1. The number of nitrogens with zero attached hydrogens (tertiary/aromatic N) is 2. The molecule has 4 aromatic carbocycles. The number of methoxy groups -OCH3 is 1. The molecule has 1 spiro atoms. The van der Waals surface area contributed by atoms with Crippen LogP contribution in [0.25, 0.3) is 22.0 Å².